The normalized spacial score (nSPS) is 28.6. The molecular formula is C15H32N2O2. The molecule has 0 aliphatic carbocycles. The van der Waals surface area contributed by atoms with E-state index in [-0.39, 0.29) is 24.2 Å². The summed E-state index contributed by atoms with van der Waals surface area (Å²) in [5.74, 6) is 0. The lowest BCUT2D eigenvalue weighted by Gasteiger charge is -2.41. The fourth-order valence-electron chi connectivity index (χ4n) is 2.65. The third-order valence-electron chi connectivity index (χ3n) is 4.00. The van der Waals surface area contributed by atoms with Crippen LogP contribution in [0.5, 0.6) is 0 Å². The van der Waals surface area contributed by atoms with Crippen LogP contribution < -0.4 is 5.32 Å². The summed E-state index contributed by atoms with van der Waals surface area (Å²) in [6.07, 6.45) is 1.34. The molecule has 2 N–H and O–H groups in total. The second-order valence-electron chi connectivity index (χ2n) is 6.65. The molecule has 4 nitrogen and oxygen atoms in total. The number of morpholine rings is 1. The first-order valence-corrected chi connectivity index (χ1v) is 7.60. The van der Waals surface area contributed by atoms with Gasteiger partial charge in [-0.05, 0) is 18.8 Å². The molecular weight excluding hydrogens is 240 g/mol. The standard InChI is InChI=1S/C15H32N2O2/c1-6-15(5,10-16-12(2)3)11-17-7-13(4)19-14(8-17)9-18/h12-14,16,18H,6-11H2,1-5H3. The summed E-state index contributed by atoms with van der Waals surface area (Å²) in [5.41, 5.74) is 0.279. The number of rotatable bonds is 7. The fraction of sp³-hybridized carbons (Fsp3) is 1.00. The van der Waals surface area contributed by atoms with Crippen LogP contribution >= 0.6 is 0 Å². The van der Waals surface area contributed by atoms with Crippen molar-refractivity contribution >= 4 is 0 Å². The zero-order chi connectivity index (χ0) is 14.5. The minimum absolute atomic E-state index is 0.0251. The van der Waals surface area contributed by atoms with Crippen molar-refractivity contribution in [3.63, 3.8) is 0 Å². The molecule has 1 saturated heterocycles. The maximum absolute atomic E-state index is 9.29. The fourth-order valence-corrected chi connectivity index (χ4v) is 2.65. The van der Waals surface area contributed by atoms with E-state index in [0.29, 0.717) is 6.04 Å². The average molecular weight is 272 g/mol. The highest BCUT2D eigenvalue weighted by molar-refractivity contribution is 4.84. The molecule has 1 rings (SSSR count). The van der Waals surface area contributed by atoms with Crippen LogP contribution in [-0.2, 0) is 4.74 Å². The van der Waals surface area contributed by atoms with Crippen molar-refractivity contribution in [2.45, 2.75) is 59.3 Å². The van der Waals surface area contributed by atoms with Crippen LogP contribution in [0.4, 0.5) is 0 Å². The zero-order valence-electron chi connectivity index (χ0n) is 13.3. The Hall–Kier alpha value is -0.160. The van der Waals surface area contributed by atoms with Crippen molar-refractivity contribution in [1.29, 1.82) is 0 Å². The summed E-state index contributed by atoms with van der Waals surface area (Å²) < 4.78 is 5.70. The first-order chi connectivity index (χ1) is 8.88. The Balaban J connectivity index is 2.53. The van der Waals surface area contributed by atoms with Gasteiger partial charge in [-0.2, -0.15) is 0 Å². The van der Waals surface area contributed by atoms with Gasteiger partial charge in [-0.1, -0.05) is 27.7 Å². The summed E-state index contributed by atoms with van der Waals surface area (Å²) in [6, 6.07) is 0.527. The van der Waals surface area contributed by atoms with E-state index in [1.54, 1.807) is 0 Å². The molecule has 1 fully saturated rings. The van der Waals surface area contributed by atoms with Crippen LogP contribution in [-0.4, -0.2) is 61.0 Å². The largest absolute Gasteiger partial charge is 0.394 e. The summed E-state index contributed by atoms with van der Waals surface area (Å²) >= 11 is 0. The summed E-state index contributed by atoms with van der Waals surface area (Å²) in [7, 11) is 0. The Bertz CT molecular complexity index is 261. The van der Waals surface area contributed by atoms with Gasteiger partial charge in [-0.15, -0.1) is 0 Å². The molecule has 4 heteroatoms. The molecule has 0 aromatic rings. The lowest BCUT2D eigenvalue weighted by Crippen LogP contribution is -2.52. The van der Waals surface area contributed by atoms with E-state index >= 15 is 0 Å². The maximum atomic E-state index is 9.29. The lowest BCUT2D eigenvalue weighted by molar-refractivity contribution is -0.102. The third-order valence-corrected chi connectivity index (χ3v) is 4.00. The number of nitrogens with one attached hydrogen (secondary N) is 1. The van der Waals surface area contributed by atoms with E-state index in [0.717, 1.165) is 32.6 Å². The topological polar surface area (TPSA) is 44.7 Å². The zero-order valence-corrected chi connectivity index (χ0v) is 13.3. The van der Waals surface area contributed by atoms with Crippen molar-refractivity contribution in [1.82, 2.24) is 10.2 Å². The molecule has 0 spiro atoms. The highest BCUT2D eigenvalue weighted by Gasteiger charge is 2.30. The molecule has 0 aromatic heterocycles. The van der Waals surface area contributed by atoms with Crippen molar-refractivity contribution < 1.29 is 9.84 Å². The van der Waals surface area contributed by atoms with Crippen LogP contribution in [0.3, 0.4) is 0 Å². The molecule has 3 atom stereocenters. The molecule has 0 aromatic carbocycles. The minimum atomic E-state index is -0.0251. The van der Waals surface area contributed by atoms with Gasteiger partial charge in [0.25, 0.3) is 0 Å². The third kappa shape index (κ3) is 5.78. The molecule has 0 radical (unpaired) electrons. The highest BCUT2D eigenvalue weighted by Crippen LogP contribution is 2.24. The van der Waals surface area contributed by atoms with E-state index in [9.17, 15) is 5.11 Å². The van der Waals surface area contributed by atoms with E-state index in [1.165, 1.54) is 0 Å². The lowest BCUT2D eigenvalue weighted by atomic mass is 9.86. The first-order valence-electron chi connectivity index (χ1n) is 7.60. The van der Waals surface area contributed by atoms with Gasteiger partial charge in [0.2, 0.25) is 0 Å². The van der Waals surface area contributed by atoms with Gasteiger partial charge < -0.3 is 15.2 Å². The molecule has 1 heterocycles. The SMILES string of the molecule is CCC(C)(CNC(C)C)CN1CC(C)OC(CO)C1. The molecule has 19 heavy (non-hydrogen) atoms. The van der Waals surface area contributed by atoms with Gasteiger partial charge in [0.1, 0.15) is 0 Å². The molecule has 114 valence electrons. The Morgan fingerprint density at radius 2 is 2.11 bits per heavy atom. The molecule has 1 aliphatic rings. The van der Waals surface area contributed by atoms with Gasteiger partial charge in [0, 0.05) is 32.2 Å². The number of aliphatic hydroxyl groups excluding tert-OH is 1. The average Bonchev–Trinajstić information content (AvgIpc) is 2.35. The van der Waals surface area contributed by atoms with Crippen molar-refractivity contribution in [2.75, 3.05) is 32.8 Å². The number of ether oxygens (including phenoxy) is 1. The van der Waals surface area contributed by atoms with Crippen LogP contribution in [0.15, 0.2) is 0 Å². The Morgan fingerprint density at radius 3 is 2.63 bits per heavy atom. The van der Waals surface area contributed by atoms with Gasteiger partial charge in [0.05, 0.1) is 18.8 Å². The second kappa shape index (κ2) is 7.58. The summed E-state index contributed by atoms with van der Waals surface area (Å²) in [6.45, 7) is 15.1. The predicted octanol–water partition coefficient (Wildman–Crippen LogP) is 1.48. The van der Waals surface area contributed by atoms with Gasteiger partial charge >= 0.3 is 0 Å². The Kier molecular flexibility index (Phi) is 6.74. The van der Waals surface area contributed by atoms with Gasteiger partial charge in [-0.25, -0.2) is 0 Å². The van der Waals surface area contributed by atoms with Crippen LogP contribution in [0.1, 0.15) is 41.0 Å². The Labute approximate surface area is 118 Å². The number of hydrogen-bond donors (Lipinski definition) is 2. The molecule has 0 bridgehead atoms. The van der Waals surface area contributed by atoms with E-state index in [1.807, 2.05) is 0 Å². The molecule has 3 unspecified atom stereocenters. The van der Waals surface area contributed by atoms with Crippen molar-refractivity contribution in [3.05, 3.63) is 0 Å². The first kappa shape index (κ1) is 16.9. The van der Waals surface area contributed by atoms with Crippen molar-refractivity contribution in [3.8, 4) is 0 Å². The van der Waals surface area contributed by atoms with Gasteiger partial charge in [0.15, 0.2) is 0 Å². The monoisotopic (exact) mass is 272 g/mol. The Morgan fingerprint density at radius 1 is 1.42 bits per heavy atom. The number of aliphatic hydroxyl groups is 1. The highest BCUT2D eigenvalue weighted by atomic mass is 16.5. The van der Waals surface area contributed by atoms with Crippen LogP contribution in [0.2, 0.25) is 0 Å². The van der Waals surface area contributed by atoms with E-state index < -0.39 is 0 Å². The molecule has 0 amide bonds. The maximum Gasteiger partial charge on any atom is 0.0936 e. The second-order valence-corrected chi connectivity index (χ2v) is 6.65. The summed E-state index contributed by atoms with van der Waals surface area (Å²) in [4.78, 5) is 2.44. The molecule has 0 saturated carbocycles. The van der Waals surface area contributed by atoms with E-state index in [2.05, 4.69) is 44.8 Å². The summed E-state index contributed by atoms with van der Waals surface area (Å²) in [5, 5.41) is 12.8. The quantitative estimate of drug-likeness (QED) is 0.737. The van der Waals surface area contributed by atoms with Crippen molar-refractivity contribution in [2.24, 2.45) is 5.41 Å². The van der Waals surface area contributed by atoms with E-state index in [4.69, 9.17) is 4.74 Å². The van der Waals surface area contributed by atoms with Crippen LogP contribution in [0, 0.1) is 5.41 Å². The smallest absolute Gasteiger partial charge is 0.0936 e. The number of hydrogen-bond acceptors (Lipinski definition) is 4. The number of nitrogens with zero attached hydrogens (tertiary/aromatic N) is 1. The minimum Gasteiger partial charge on any atom is -0.394 e. The van der Waals surface area contributed by atoms with Gasteiger partial charge in [-0.3, -0.25) is 4.90 Å². The van der Waals surface area contributed by atoms with Crippen LogP contribution in [0.25, 0.3) is 0 Å². The molecule has 1 aliphatic heterocycles. The predicted molar refractivity (Wildman–Crippen MR) is 79.4 cm³/mol.